The van der Waals surface area contributed by atoms with Gasteiger partial charge in [0.25, 0.3) is 0 Å². The molecule has 2 aromatic carbocycles. The fraction of sp³-hybridized carbons (Fsp3) is 0.440. The number of hydrogen-bond donors (Lipinski definition) is 1. The molecule has 3 aromatic rings. The van der Waals surface area contributed by atoms with Crippen molar-refractivity contribution in [2.45, 2.75) is 52.0 Å². The average molecular weight is 406 g/mol. The zero-order chi connectivity index (χ0) is 20.9. The summed E-state index contributed by atoms with van der Waals surface area (Å²) >= 11 is 0. The number of rotatable bonds is 10. The Balaban J connectivity index is 1.34. The van der Waals surface area contributed by atoms with E-state index in [1.807, 2.05) is 18.2 Å². The van der Waals surface area contributed by atoms with E-state index >= 15 is 0 Å². The second kappa shape index (κ2) is 9.33. The third-order valence-electron chi connectivity index (χ3n) is 5.67. The first-order chi connectivity index (χ1) is 14.6. The van der Waals surface area contributed by atoms with Crippen LogP contribution >= 0.6 is 0 Å². The van der Waals surface area contributed by atoms with Gasteiger partial charge in [-0.3, -0.25) is 4.79 Å². The van der Waals surface area contributed by atoms with E-state index < -0.39 is 0 Å². The lowest BCUT2D eigenvalue weighted by molar-refractivity contribution is -0.122. The van der Waals surface area contributed by atoms with Gasteiger partial charge in [0.2, 0.25) is 5.91 Å². The Hall–Kier alpha value is -2.82. The zero-order valence-electron chi connectivity index (χ0n) is 17.9. The molecule has 5 heteroatoms. The fourth-order valence-electron chi connectivity index (χ4n) is 3.71. The van der Waals surface area contributed by atoms with Crippen LogP contribution in [0.1, 0.15) is 50.4 Å². The first-order valence-electron chi connectivity index (χ1n) is 11.1. The van der Waals surface area contributed by atoms with Crippen LogP contribution in [-0.4, -0.2) is 28.6 Å². The number of nitrogens with zero attached hydrogens (tertiary/aromatic N) is 2. The number of benzene rings is 2. The van der Waals surface area contributed by atoms with Crippen LogP contribution in [0.5, 0.6) is 5.75 Å². The van der Waals surface area contributed by atoms with Gasteiger partial charge >= 0.3 is 0 Å². The van der Waals surface area contributed by atoms with Crippen molar-refractivity contribution in [2.24, 2.45) is 5.92 Å². The molecule has 1 heterocycles. The molecule has 5 nitrogen and oxygen atoms in total. The summed E-state index contributed by atoms with van der Waals surface area (Å²) in [5.41, 5.74) is 3.47. The van der Waals surface area contributed by atoms with Crippen LogP contribution in [0.4, 0.5) is 0 Å². The van der Waals surface area contributed by atoms with E-state index in [2.05, 4.69) is 54.1 Å². The van der Waals surface area contributed by atoms with Gasteiger partial charge in [0, 0.05) is 25.4 Å². The molecule has 0 atom stereocenters. The van der Waals surface area contributed by atoms with Crippen molar-refractivity contribution in [3.8, 4) is 5.75 Å². The summed E-state index contributed by atoms with van der Waals surface area (Å²) in [6, 6.07) is 16.6. The maximum absolute atomic E-state index is 11.9. The number of imidazole rings is 1. The Morgan fingerprint density at radius 3 is 2.67 bits per heavy atom. The Morgan fingerprint density at radius 2 is 1.93 bits per heavy atom. The molecule has 0 spiro atoms. The van der Waals surface area contributed by atoms with Gasteiger partial charge in [0.1, 0.15) is 11.6 Å². The number of hydrogen-bond acceptors (Lipinski definition) is 3. The monoisotopic (exact) mass is 405 g/mol. The molecule has 1 N–H and O–H groups in total. The Morgan fingerprint density at radius 1 is 1.17 bits per heavy atom. The lowest BCUT2D eigenvalue weighted by atomic mass is 10.0. The maximum Gasteiger partial charge on any atom is 0.223 e. The minimum Gasteiger partial charge on any atom is -0.494 e. The number of amides is 1. The van der Waals surface area contributed by atoms with Crippen LogP contribution in [0.2, 0.25) is 0 Å². The Kier molecular flexibility index (Phi) is 6.36. The first-order valence-corrected chi connectivity index (χ1v) is 11.1. The SMILES string of the molecule is CC(C)c1ccc(OCCCn2c(CCNC(=O)C3CC3)nc3ccccc32)cc1. The number of carbonyl (C=O) groups excluding carboxylic acids is 1. The molecular formula is C25H31N3O2. The second-order valence-corrected chi connectivity index (χ2v) is 8.41. The highest BCUT2D eigenvalue weighted by atomic mass is 16.5. The topological polar surface area (TPSA) is 56.1 Å². The summed E-state index contributed by atoms with van der Waals surface area (Å²) in [6.07, 6.45) is 3.70. The summed E-state index contributed by atoms with van der Waals surface area (Å²) < 4.78 is 8.21. The number of para-hydroxylation sites is 2. The lowest BCUT2D eigenvalue weighted by Crippen LogP contribution is -2.27. The maximum atomic E-state index is 11.9. The van der Waals surface area contributed by atoms with Crippen molar-refractivity contribution in [2.75, 3.05) is 13.2 Å². The number of aromatic nitrogens is 2. The average Bonchev–Trinajstić information content (AvgIpc) is 3.54. The van der Waals surface area contributed by atoms with Gasteiger partial charge in [-0.15, -0.1) is 0 Å². The van der Waals surface area contributed by atoms with Crippen molar-refractivity contribution in [3.63, 3.8) is 0 Å². The smallest absolute Gasteiger partial charge is 0.223 e. The third-order valence-corrected chi connectivity index (χ3v) is 5.67. The van der Waals surface area contributed by atoms with Crippen LogP contribution in [-0.2, 0) is 17.8 Å². The highest BCUT2D eigenvalue weighted by molar-refractivity contribution is 5.80. The summed E-state index contributed by atoms with van der Waals surface area (Å²) in [5.74, 6) is 2.90. The standard InChI is InChI=1S/C25H31N3O2/c1-18(2)19-10-12-21(13-11-19)30-17-5-16-28-23-7-4-3-6-22(23)27-24(28)14-15-26-25(29)20-8-9-20/h3-4,6-7,10-13,18,20H,5,8-9,14-17H2,1-2H3,(H,26,29). The zero-order valence-corrected chi connectivity index (χ0v) is 17.9. The van der Waals surface area contributed by atoms with E-state index in [1.165, 1.54) is 5.56 Å². The van der Waals surface area contributed by atoms with Crippen LogP contribution in [0.25, 0.3) is 11.0 Å². The molecule has 1 aromatic heterocycles. The van der Waals surface area contributed by atoms with Crippen LogP contribution in [0, 0.1) is 5.92 Å². The van der Waals surface area contributed by atoms with Crippen molar-refractivity contribution < 1.29 is 9.53 Å². The summed E-state index contributed by atoms with van der Waals surface area (Å²) in [7, 11) is 0. The molecule has 0 bridgehead atoms. The van der Waals surface area contributed by atoms with Crippen molar-refractivity contribution >= 4 is 16.9 Å². The van der Waals surface area contributed by atoms with Crippen LogP contribution in [0.3, 0.4) is 0 Å². The molecule has 0 unspecified atom stereocenters. The molecule has 30 heavy (non-hydrogen) atoms. The normalized spacial score (nSPS) is 13.7. The van der Waals surface area contributed by atoms with E-state index in [0.29, 0.717) is 19.1 Å². The van der Waals surface area contributed by atoms with E-state index in [-0.39, 0.29) is 11.8 Å². The first kappa shape index (κ1) is 20.5. The van der Waals surface area contributed by atoms with Gasteiger partial charge in [-0.05, 0) is 55.0 Å². The minimum absolute atomic E-state index is 0.189. The highest BCUT2D eigenvalue weighted by Crippen LogP contribution is 2.28. The van der Waals surface area contributed by atoms with Crippen molar-refractivity contribution in [1.82, 2.24) is 14.9 Å². The molecule has 158 valence electrons. The van der Waals surface area contributed by atoms with E-state index in [0.717, 1.165) is 54.8 Å². The van der Waals surface area contributed by atoms with Crippen molar-refractivity contribution in [1.29, 1.82) is 0 Å². The molecule has 4 rings (SSSR count). The minimum atomic E-state index is 0.189. The van der Waals surface area contributed by atoms with E-state index in [1.54, 1.807) is 0 Å². The lowest BCUT2D eigenvalue weighted by Gasteiger charge is -2.12. The molecular weight excluding hydrogens is 374 g/mol. The number of fused-ring (bicyclic) bond motifs is 1. The van der Waals surface area contributed by atoms with Crippen LogP contribution < -0.4 is 10.1 Å². The van der Waals surface area contributed by atoms with Gasteiger partial charge in [0.05, 0.1) is 17.6 Å². The molecule has 1 aliphatic rings. The van der Waals surface area contributed by atoms with Gasteiger partial charge in [-0.1, -0.05) is 38.1 Å². The largest absolute Gasteiger partial charge is 0.494 e. The molecule has 1 amide bonds. The van der Waals surface area contributed by atoms with Gasteiger partial charge in [0.15, 0.2) is 0 Å². The molecule has 1 saturated carbocycles. The predicted molar refractivity (Wildman–Crippen MR) is 120 cm³/mol. The molecule has 0 aliphatic heterocycles. The molecule has 1 aliphatic carbocycles. The summed E-state index contributed by atoms with van der Waals surface area (Å²) in [4.78, 5) is 16.7. The molecule has 0 saturated heterocycles. The third kappa shape index (κ3) is 5.02. The number of ether oxygens (including phenoxy) is 1. The van der Waals surface area contributed by atoms with Crippen molar-refractivity contribution in [3.05, 3.63) is 59.9 Å². The van der Waals surface area contributed by atoms with Gasteiger partial charge in [-0.2, -0.15) is 0 Å². The van der Waals surface area contributed by atoms with Gasteiger partial charge < -0.3 is 14.6 Å². The number of carbonyl (C=O) groups is 1. The quantitative estimate of drug-likeness (QED) is 0.498. The summed E-state index contributed by atoms with van der Waals surface area (Å²) in [6.45, 7) is 6.53. The van der Waals surface area contributed by atoms with Gasteiger partial charge in [-0.25, -0.2) is 4.98 Å². The number of aryl methyl sites for hydroxylation is 1. The predicted octanol–water partition coefficient (Wildman–Crippen LogP) is 4.70. The number of nitrogens with one attached hydrogen (secondary N) is 1. The van der Waals surface area contributed by atoms with E-state index in [4.69, 9.17) is 9.72 Å². The fourth-order valence-corrected chi connectivity index (χ4v) is 3.71. The molecule has 0 radical (unpaired) electrons. The summed E-state index contributed by atoms with van der Waals surface area (Å²) in [5, 5.41) is 3.05. The highest BCUT2D eigenvalue weighted by Gasteiger charge is 2.29. The second-order valence-electron chi connectivity index (χ2n) is 8.41. The Bertz CT molecular complexity index is 987. The molecule has 1 fully saturated rings. The van der Waals surface area contributed by atoms with Crippen LogP contribution in [0.15, 0.2) is 48.5 Å². The Labute approximate surface area is 178 Å². The van der Waals surface area contributed by atoms with E-state index in [9.17, 15) is 4.79 Å².